The van der Waals surface area contributed by atoms with Gasteiger partial charge in [-0.05, 0) is 63.1 Å². The number of hydrogen-bond acceptors (Lipinski definition) is 5. The van der Waals surface area contributed by atoms with E-state index in [1.54, 1.807) is 4.52 Å². The maximum atomic E-state index is 12.8. The zero-order chi connectivity index (χ0) is 22.1. The van der Waals surface area contributed by atoms with Crippen molar-refractivity contribution in [1.29, 1.82) is 0 Å². The highest BCUT2D eigenvalue weighted by Gasteiger charge is 2.34. The minimum Gasteiger partial charge on any atom is -0.493 e. The fraction of sp³-hybridized carbons (Fsp3) is 0.478. The molecule has 8 nitrogen and oxygen atoms in total. The number of carboxylic acids is 1. The van der Waals surface area contributed by atoms with Crippen LogP contribution in [-0.4, -0.2) is 37.3 Å². The molecule has 0 atom stereocenters. The van der Waals surface area contributed by atoms with Gasteiger partial charge in [0.25, 0.3) is 5.56 Å². The quantitative estimate of drug-likeness (QED) is 0.574. The third kappa shape index (κ3) is 4.06. The molecule has 0 saturated heterocycles. The predicted molar refractivity (Wildman–Crippen MR) is 116 cm³/mol. The first-order valence-electron chi connectivity index (χ1n) is 10.9. The molecule has 8 heteroatoms. The van der Waals surface area contributed by atoms with Gasteiger partial charge in [0.2, 0.25) is 0 Å². The van der Waals surface area contributed by atoms with E-state index < -0.39 is 5.97 Å². The summed E-state index contributed by atoms with van der Waals surface area (Å²) in [6.07, 6.45) is 3.83. The summed E-state index contributed by atoms with van der Waals surface area (Å²) in [5, 5.41) is 13.8. The summed E-state index contributed by atoms with van der Waals surface area (Å²) in [6.45, 7) is 6.29. The van der Waals surface area contributed by atoms with Crippen LogP contribution in [0.5, 0.6) is 5.75 Å². The summed E-state index contributed by atoms with van der Waals surface area (Å²) >= 11 is 0. The molecule has 0 aliphatic heterocycles. The zero-order valence-electron chi connectivity index (χ0n) is 18.1. The number of carboxylic acid groups (broad SMARTS) is 1. The molecule has 0 radical (unpaired) electrons. The zero-order valence-corrected chi connectivity index (χ0v) is 18.1. The molecular weight excluding hydrogens is 396 g/mol. The van der Waals surface area contributed by atoms with Crippen molar-refractivity contribution in [2.75, 3.05) is 6.61 Å². The SMILES string of the molecule is CCCc1nc(C)c2c(=O)[nH]c(-c3cc(CC4CC(C(=O)O)C4)ccc3OCC)nn12. The van der Waals surface area contributed by atoms with Crippen LogP contribution < -0.4 is 10.3 Å². The van der Waals surface area contributed by atoms with Gasteiger partial charge in [-0.25, -0.2) is 9.50 Å². The number of aromatic nitrogens is 4. The Morgan fingerprint density at radius 3 is 2.77 bits per heavy atom. The molecule has 2 N–H and O–H groups in total. The fourth-order valence-corrected chi connectivity index (χ4v) is 4.35. The predicted octanol–water partition coefficient (Wildman–Crippen LogP) is 3.40. The number of ether oxygens (including phenoxy) is 1. The van der Waals surface area contributed by atoms with Crippen LogP contribution in [-0.2, 0) is 17.6 Å². The summed E-state index contributed by atoms with van der Waals surface area (Å²) in [4.78, 5) is 31.4. The first-order valence-corrected chi connectivity index (χ1v) is 10.9. The van der Waals surface area contributed by atoms with Crippen molar-refractivity contribution < 1.29 is 14.6 Å². The smallest absolute Gasteiger partial charge is 0.306 e. The molecule has 31 heavy (non-hydrogen) atoms. The van der Waals surface area contributed by atoms with Crippen LogP contribution >= 0.6 is 0 Å². The molecule has 164 valence electrons. The normalized spacial score (nSPS) is 18.2. The summed E-state index contributed by atoms with van der Waals surface area (Å²) in [7, 11) is 0. The summed E-state index contributed by atoms with van der Waals surface area (Å²) in [5.74, 6) is 1.28. The number of aliphatic carboxylic acids is 1. The van der Waals surface area contributed by atoms with Crippen LogP contribution in [0.25, 0.3) is 16.9 Å². The molecule has 0 amide bonds. The minimum atomic E-state index is -0.711. The lowest BCUT2D eigenvalue weighted by atomic mass is 9.72. The van der Waals surface area contributed by atoms with Crippen LogP contribution in [0.4, 0.5) is 0 Å². The van der Waals surface area contributed by atoms with E-state index in [0.29, 0.717) is 48.2 Å². The average molecular weight is 425 g/mol. The molecule has 3 aromatic rings. The van der Waals surface area contributed by atoms with Crippen molar-refractivity contribution in [1.82, 2.24) is 19.6 Å². The molecule has 1 aromatic carbocycles. The first kappa shape index (κ1) is 21.1. The van der Waals surface area contributed by atoms with E-state index in [0.717, 1.165) is 36.2 Å². The van der Waals surface area contributed by atoms with Crippen LogP contribution in [0.15, 0.2) is 23.0 Å². The van der Waals surface area contributed by atoms with Crippen LogP contribution in [0.3, 0.4) is 0 Å². The van der Waals surface area contributed by atoms with Crippen LogP contribution in [0, 0.1) is 18.8 Å². The summed E-state index contributed by atoms with van der Waals surface area (Å²) < 4.78 is 7.46. The maximum Gasteiger partial charge on any atom is 0.306 e. The number of nitrogens with zero attached hydrogens (tertiary/aromatic N) is 3. The monoisotopic (exact) mass is 424 g/mol. The molecule has 0 spiro atoms. The topological polar surface area (TPSA) is 110 Å². The lowest BCUT2D eigenvalue weighted by Crippen LogP contribution is -2.31. The van der Waals surface area contributed by atoms with Gasteiger partial charge < -0.3 is 14.8 Å². The number of hydrogen-bond donors (Lipinski definition) is 2. The Balaban J connectivity index is 1.73. The number of rotatable bonds is 8. The summed E-state index contributed by atoms with van der Waals surface area (Å²) in [6, 6.07) is 5.90. The minimum absolute atomic E-state index is 0.228. The molecule has 2 aromatic heterocycles. The van der Waals surface area contributed by atoms with Gasteiger partial charge in [0.05, 0.1) is 23.8 Å². The van der Waals surface area contributed by atoms with E-state index in [2.05, 4.69) is 16.9 Å². The van der Waals surface area contributed by atoms with Crippen molar-refractivity contribution in [3.05, 3.63) is 45.6 Å². The standard InChI is InChI=1S/C23H28N4O4/c1-4-6-19-24-13(3)20-22(28)25-21(26-27(19)20)17-12-14(7-8-18(17)31-5-2)9-15-10-16(11-15)23(29)30/h7-8,12,15-16H,4-6,9-11H2,1-3H3,(H,29,30)(H,25,26,28). The Kier molecular flexibility index (Phi) is 5.80. The highest BCUT2D eigenvalue weighted by atomic mass is 16.5. The molecule has 2 heterocycles. The molecule has 1 saturated carbocycles. The van der Waals surface area contributed by atoms with Crippen LogP contribution in [0.1, 0.15) is 50.2 Å². The number of benzene rings is 1. The van der Waals surface area contributed by atoms with Crippen molar-refractivity contribution in [3.63, 3.8) is 0 Å². The van der Waals surface area contributed by atoms with E-state index in [4.69, 9.17) is 14.9 Å². The van der Waals surface area contributed by atoms with E-state index in [1.807, 2.05) is 32.0 Å². The van der Waals surface area contributed by atoms with Crippen molar-refractivity contribution in [2.24, 2.45) is 11.8 Å². The Hall–Kier alpha value is -3.16. The molecule has 1 aliphatic rings. The van der Waals surface area contributed by atoms with Crippen molar-refractivity contribution in [2.45, 2.75) is 52.9 Å². The molecule has 4 rings (SSSR count). The second-order valence-corrected chi connectivity index (χ2v) is 8.27. The van der Waals surface area contributed by atoms with E-state index in [-0.39, 0.29) is 11.5 Å². The number of fused-ring (bicyclic) bond motifs is 1. The lowest BCUT2D eigenvalue weighted by molar-refractivity contribution is -0.146. The number of imidazole rings is 1. The number of nitrogens with one attached hydrogen (secondary N) is 1. The second-order valence-electron chi connectivity index (χ2n) is 8.27. The van der Waals surface area contributed by atoms with E-state index in [9.17, 15) is 9.59 Å². The Labute approximate surface area is 180 Å². The Morgan fingerprint density at radius 1 is 1.32 bits per heavy atom. The van der Waals surface area contributed by atoms with Gasteiger partial charge in [0.1, 0.15) is 11.6 Å². The van der Waals surface area contributed by atoms with E-state index in [1.165, 1.54) is 0 Å². The van der Waals surface area contributed by atoms with Gasteiger partial charge in [-0.1, -0.05) is 13.0 Å². The molecule has 1 fully saturated rings. The van der Waals surface area contributed by atoms with Gasteiger partial charge in [0.15, 0.2) is 11.3 Å². The third-order valence-electron chi connectivity index (χ3n) is 5.92. The van der Waals surface area contributed by atoms with E-state index >= 15 is 0 Å². The molecule has 0 bridgehead atoms. The highest BCUT2D eigenvalue weighted by molar-refractivity contribution is 5.71. The van der Waals surface area contributed by atoms with Gasteiger partial charge in [-0.3, -0.25) is 9.59 Å². The lowest BCUT2D eigenvalue weighted by Gasteiger charge is -2.32. The Bertz CT molecular complexity index is 1170. The average Bonchev–Trinajstić information content (AvgIpc) is 3.01. The maximum absolute atomic E-state index is 12.8. The number of H-pyrrole nitrogens is 1. The van der Waals surface area contributed by atoms with Crippen LogP contribution in [0.2, 0.25) is 0 Å². The summed E-state index contributed by atoms with van der Waals surface area (Å²) in [5.41, 5.74) is 2.70. The number of carbonyl (C=O) groups is 1. The second kappa shape index (κ2) is 8.53. The Morgan fingerprint density at radius 2 is 2.10 bits per heavy atom. The third-order valence-corrected chi connectivity index (χ3v) is 5.92. The first-order chi connectivity index (χ1) is 14.9. The van der Waals surface area contributed by atoms with Gasteiger partial charge in [0, 0.05) is 6.42 Å². The number of aromatic amines is 1. The van der Waals surface area contributed by atoms with Crippen molar-refractivity contribution >= 4 is 11.5 Å². The van der Waals surface area contributed by atoms with Gasteiger partial charge >= 0.3 is 5.97 Å². The molecular formula is C23H28N4O4. The van der Waals surface area contributed by atoms with Gasteiger partial charge in [-0.2, -0.15) is 0 Å². The van der Waals surface area contributed by atoms with Gasteiger partial charge in [-0.15, -0.1) is 5.10 Å². The molecule has 1 aliphatic carbocycles. The fourth-order valence-electron chi connectivity index (χ4n) is 4.35. The van der Waals surface area contributed by atoms with Crippen molar-refractivity contribution in [3.8, 4) is 17.1 Å². The largest absolute Gasteiger partial charge is 0.493 e. The number of aryl methyl sites for hydroxylation is 2. The molecule has 0 unspecified atom stereocenters. The highest BCUT2D eigenvalue weighted by Crippen LogP contribution is 2.37.